The smallest absolute Gasteiger partial charge is 0.0701 e. The molecule has 1 fully saturated rings. The molecule has 1 aliphatic heterocycles. The average molecular weight is 215 g/mol. The van der Waals surface area contributed by atoms with Gasteiger partial charge in [-0.05, 0) is 0 Å². The molecule has 0 amide bonds. The third kappa shape index (κ3) is 24.7. The molecule has 15 heavy (non-hydrogen) atoms. The highest BCUT2D eigenvalue weighted by Gasteiger charge is 1.94. The molecule has 0 spiro atoms. The molecule has 0 saturated carbocycles. The average Bonchev–Trinajstić information content (AvgIpc) is 2.30. The van der Waals surface area contributed by atoms with Gasteiger partial charge in [0, 0.05) is 6.92 Å². The maximum atomic E-state index is 7.32. The molecule has 1 aliphatic rings. The molecule has 3 nitrogen and oxygen atoms in total. The molecule has 0 atom stereocenters. The van der Waals surface area contributed by atoms with Crippen LogP contribution in [-0.4, -0.2) is 26.4 Å². The van der Waals surface area contributed by atoms with Crippen LogP contribution in [0.25, 0.3) is 0 Å². The standard InChI is InChI=1S/C6H14.C4H8O2.C2H3N/c1-3-5-6-4-2;1-2-6-4-3-5-1;1-2-3/h3-6H2,1-2H3;1-4H2;1H3. The molecule has 1 saturated heterocycles. The number of ether oxygens (including phenoxy) is 2. The van der Waals surface area contributed by atoms with Crippen LogP contribution in [0, 0.1) is 11.3 Å². The van der Waals surface area contributed by atoms with Crippen LogP contribution in [0.5, 0.6) is 0 Å². The number of unbranched alkanes of at least 4 members (excludes halogenated alkanes) is 3. The van der Waals surface area contributed by atoms with Gasteiger partial charge in [0.2, 0.25) is 0 Å². The van der Waals surface area contributed by atoms with Gasteiger partial charge in [-0.15, -0.1) is 0 Å². The lowest BCUT2D eigenvalue weighted by Crippen LogP contribution is -2.16. The molecule has 0 N–H and O–H groups in total. The van der Waals surface area contributed by atoms with Gasteiger partial charge in [0.15, 0.2) is 0 Å². The van der Waals surface area contributed by atoms with Gasteiger partial charge >= 0.3 is 0 Å². The van der Waals surface area contributed by atoms with Gasteiger partial charge in [-0.25, -0.2) is 0 Å². The van der Waals surface area contributed by atoms with Crippen LogP contribution >= 0.6 is 0 Å². The Morgan fingerprint density at radius 3 is 1.33 bits per heavy atom. The van der Waals surface area contributed by atoms with E-state index in [1.54, 1.807) is 6.07 Å². The molecule has 0 aromatic carbocycles. The summed E-state index contributed by atoms with van der Waals surface area (Å²) in [6.07, 6.45) is 5.54. The van der Waals surface area contributed by atoms with E-state index in [0.29, 0.717) is 0 Å². The molecule has 0 aromatic rings. The van der Waals surface area contributed by atoms with E-state index in [-0.39, 0.29) is 0 Å². The van der Waals surface area contributed by atoms with Crippen molar-refractivity contribution in [3.05, 3.63) is 0 Å². The Bertz CT molecular complexity index is 113. The van der Waals surface area contributed by atoms with Crippen LogP contribution in [0.4, 0.5) is 0 Å². The summed E-state index contributed by atoms with van der Waals surface area (Å²) in [5.74, 6) is 0. The van der Waals surface area contributed by atoms with E-state index in [1.165, 1.54) is 32.6 Å². The van der Waals surface area contributed by atoms with Gasteiger partial charge in [-0.1, -0.05) is 39.5 Å². The first kappa shape index (κ1) is 16.8. The summed E-state index contributed by atoms with van der Waals surface area (Å²) in [6, 6.07) is 1.75. The van der Waals surface area contributed by atoms with Crippen LogP contribution < -0.4 is 0 Å². The molecule has 1 rings (SSSR count). The van der Waals surface area contributed by atoms with Crippen LogP contribution in [0.15, 0.2) is 0 Å². The first-order valence-electron chi connectivity index (χ1n) is 5.79. The van der Waals surface area contributed by atoms with Crippen LogP contribution in [-0.2, 0) is 9.47 Å². The molecular weight excluding hydrogens is 190 g/mol. The highest BCUT2D eigenvalue weighted by atomic mass is 16.6. The highest BCUT2D eigenvalue weighted by molar-refractivity contribution is 4.51. The van der Waals surface area contributed by atoms with E-state index >= 15 is 0 Å². The van der Waals surface area contributed by atoms with Crippen LogP contribution in [0.2, 0.25) is 0 Å². The van der Waals surface area contributed by atoms with Crippen molar-refractivity contribution in [2.24, 2.45) is 0 Å². The van der Waals surface area contributed by atoms with Crippen molar-refractivity contribution in [2.45, 2.75) is 46.5 Å². The Balaban J connectivity index is 0. The third-order valence-electron chi connectivity index (χ3n) is 1.70. The van der Waals surface area contributed by atoms with Crippen molar-refractivity contribution < 1.29 is 9.47 Å². The van der Waals surface area contributed by atoms with Crippen molar-refractivity contribution in [3.63, 3.8) is 0 Å². The van der Waals surface area contributed by atoms with Gasteiger partial charge in [0.1, 0.15) is 0 Å². The minimum Gasteiger partial charge on any atom is -0.377 e. The number of rotatable bonds is 3. The van der Waals surface area contributed by atoms with E-state index in [0.717, 1.165) is 26.4 Å². The number of hydrogen-bond acceptors (Lipinski definition) is 3. The second kappa shape index (κ2) is 19.1. The second-order valence-electron chi connectivity index (χ2n) is 3.16. The van der Waals surface area contributed by atoms with Gasteiger partial charge in [-0.3, -0.25) is 0 Å². The van der Waals surface area contributed by atoms with Gasteiger partial charge in [0.25, 0.3) is 0 Å². The zero-order chi connectivity index (χ0) is 11.8. The molecule has 3 heteroatoms. The SMILES string of the molecule is C1COCCO1.CC#N.CCCCCC. The lowest BCUT2D eigenvalue weighted by molar-refractivity contribution is -0.0334. The quantitative estimate of drug-likeness (QED) is 0.679. The summed E-state index contributed by atoms with van der Waals surface area (Å²) in [5, 5.41) is 7.32. The zero-order valence-electron chi connectivity index (χ0n) is 10.4. The third-order valence-corrected chi connectivity index (χ3v) is 1.70. The molecule has 0 unspecified atom stereocenters. The monoisotopic (exact) mass is 215 g/mol. The van der Waals surface area contributed by atoms with Gasteiger partial charge in [0.05, 0.1) is 32.5 Å². The molecule has 0 aromatic heterocycles. The van der Waals surface area contributed by atoms with Crippen LogP contribution in [0.3, 0.4) is 0 Å². The second-order valence-corrected chi connectivity index (χ2v) is 3.16. The minimum atomic E-state index is 0.778. The first-order valence-corrected chi connectivity index (χ1v) is 5.79. The number of nitrogens with zero attached hydrogens (tertiary/aromatic N) is 1. The molecule has 0 bridgehead atoms. The fourth-order valence-electron chi connectivity index (χ4n) is 0.940. The summed E-state index contributed by atoms with van der Waals surface area (Å²) in [5.41, 5.74) is 0. The summed E-state index contributed by atoms with van der Waals surface area (Å²) >= 11 is 0. The van der Waals surface area contributed by atoms with Crippen molar-refractivity contribution >= 4 is 0 Å². The fraction of sp³-hybridized carbons (Fsp3) is 0.917. The van der Waals surface area contributed by atoms with Crippen molar-refractivity contribution in [2.75, 3.05) is 26.4 Å². The largest absolute Gasteiger partial charge is 0.377 e. The van der Waals surface area contributed by atoms with Crippen molar-refractivity contribution in [1.82, 2.24) is 0 Å². The fourth-order valence-corrected chi connectivity index (χ4v) is 0.940. The van der Waals surface area contributed by atoms with Gasteiger partial charge < -0.3 is 9.47 Å². The van der Waals surface area contributed by atoms with Crippen molar-refractivity contribution in [1.29, 1.82) is 5.26 Å². The Kier molecular flexibility index (Phi) is 21.4. The number of hydrogen-bond donors (Lipinski definition) is 0. The van der Waals surface area contributed by atoms with E-state index in [4.69, 9.17) is 14.7 Å². The number of nitriles is 1. The predicted octanol–water partition coefficient (Wildman–Crippen LogP) is 3.15. The lowest BCUT2D eigenvalue weighted by Gasteiger charge is -2.09. The van der Waals surface area contributed by atoms with Gasteiger partial charge in [-0.2, -0.15) is 5.26 Å². The first-order chi connectivity index (χ1) is 7.33. The van der Waals surface area contributed by atoms with E-state index in [9.17, 15) is 0 Å². The Morgan fingerprint density at radius 1 is 0.933 bits per heavy atom. The van der Waals surface area contributed by atoms with E-state index in [1.807, 2.05) is 0 Å². The molecule has 0 aliphatic carbocycles. The summed E-state index contributed by atoms with van der Waals surface area (Å²) < 4.78 is 9.89. The minimum absolute atomic E-state index is 0.778. The van der Waals surface area contributed by atoms with Crippen molar-refractivity contribution in [3.8, 4) is 6.07 Å². The molecule has 90 valence electrons. The maximum Gasteiger partial charge on any atom is 0.0701 e. The topological polar surface area (TPSA) is 42.2 Å². The molecule has 0 radical (unpaired) electrons. The Morgan fingerprint density at radius 2 is 1.20 bits per heavy atom. The Labute approximate surface area is 94.4 Å². The van der Waals surface area contributed by atoms with E-state index in [2.05, 4.69) is 13.8 Å². The Hall–Kier alpha value is -0.590. The maximum absolute atomic E-state index is 7.32. The summed E-state index contributed by atoms with van der Waals surface area (Å²) in [4.78, 5) is 0. The molecule has 1 heterocycles. The van der Waals surface area contributed by atoms with E-state index < -0.39 is 0 Å². The predicted molar refractivity (Wildman–Crippen MR) is 62.7 cm³/mol. The zero-order valence-corrected chi connectivity index (χ0v) is 10.4. The summed E-state index contributed by atoms with van der Waals surface area (Å²) in [6.45, 7) is 9.01. The summed E-state index contributed by atoms with van der Waals surface area (Å²) in [7, 11) is 0. The molecular formula is C12H25NO2. The normalized spacial score (nSPS) is 13.7. The van der Waals surface area contributed by atoms with Crippen LogP contribution in [0.1, 0.15) is 46.5 Å². The highest BCUT2D eigenvalue weighted by Crippen LogP contribution is 1.95. The lowest BCUT2D eigenvalue weighted by atomic mass is 10.2.